The van der Waals surface area contributed by atoms with Crippen LogP contribution in [0.25, 0.3) is 0 Å². The van der Waals surface area contributed by atoms with Crippen LogP contribution in [0.4, 0.5) is 0 Å². The number of hydrogen-bond acceptors (Lipinski definition) is 3. The Kier molecular flexibility index (Phi) is 10.2. The van der Waals surface area contributed by atoms with E-state index < -0.39 is 22.4 Å². The fourth-order valence-corrected chi connectivity index (χ4v) is 3.91. The molecule has 0 aromatic carbocycles. The van der Waals surface area contributed by atoms with Crippen molar-refractivity contribution in [2.45, 2.75) is 58.7 Å². The summed E-state index contributed by atoms with van der Waals surface area (Å²) in [5.74, 6) is 0. The molecule has 0 aromatic heterocycles. The van der Waals surface area contributed by atoms with Crippen molar-refractivity contribution in [1.29, 1.82) is 0 Å². The molecule has 0 atom stereocenters. The molecule has 0 unspecified atom stereocenters. The molecule has 0 aliphatic heterocycles. The Balaban J connectivity index is 3.97. The number of allylic oxidation sites excluding steroid dienone is 6. The van der Waals surface area contributed by atoms with Gasteiger partial charge in [0.1, 0.15) is 0 Å². The summed E-state index contributed by atoms with van der Waals surface area (Å²) < 4.78 is 31.5. The molecule has 3 nitrogen and oxygen atoms in total. The van der Waals surface area contributed by atoms with E-state index in [1.54, 1.807) is 0 Å². The SMILES string of the molecule is CC(C)=CCC/C(C)=C/CC/C(C)=C/C[Se]S(=O)(=O)[O-]. The molecular weight excluding hydrogens is 339 g/mol. The molecule has 0 spiro atoms. The fourth-order valence-electron chi connectivity index (χ4n) is 1.60. The van der Waals surface area contributed by atoms with Gasteiger partial charge in [-0.15, -0.1) is 0 Å². The van der Waals surface area contributed by atoms with E-state index in [4.69, 9.17) is 0 Å². The van der Waals surface area contributed by atoms with Crippen molar-refractivity contribution in [3.05, 3.63) is 34.9 Å². The van der Waals surface area contributed by atoms with Crippen LogP contribution in [0.2, 0.25) is 5.32 Å². The van der Waals surface area contributed by atoms with Crippen molar-refractivity contribution >= 4 is 22.4 Å². The maximum atomic E-state index is 10.5. The first-order valence-electron chi connectivity index (χ1n) is 6.75. The molecule has 116 valence electrons. The third-order valence-electron chi connectivity index (χ3n) is 2.77. The monoisotopic (exact) mass is 365 g/mol. The van der Waals surface area contributed by atoms with Crippen molar-refractivity contribution in [1.82, 2.24) is 0 Å². The van der Waals surface area contributed by atoms with E-state index in [1.807, 2.05) is 13.0 Å². The quantitative estimate of drug-likeness (QED) is 0.353. The van der Waals surface area contributed by atoms with E-state index in [0.29, 0.717) is 5.32 Å². The van der Waals surface area contributed by atoms with Gasteiger partial charge in [-0.05, 0) is 0 Å². The molecule has 5 heteroatoms. The van der Waals surface area contributed by atoms with Crippen molar-refractivity contribution in [2.75, 3.05) is 0 Å². The Morgan fingerprint density at radius 3 is 1.95 bits per heavy atom. The van der Waals surface area contributed by atoms with Crippen molar-refractivity contribution in [3.63, 3.8) is 0 Å². The van der Waals surface area contributed by atoms with Crippen molar-refractivity contribution in [3.8, 4) is 0 Å². The summed E-state index contributed by atoms with van der Waals surface area (Å²) in [5, 5.41) is 0.383. The summed E-state index contributed by atoms with van der Waals surface area (Å²) in [6, 6.07) is 0. The second kappa shape index (κ2) is 10.4. The summed E-state index contributed by atoms with van der Waals surface area (Å²) in [4.78, 5) is 0. The molecule has 0 fully saturated rings. The van der Waals surface area contributed by atoms with E-state index in [1.165, 1.54) is 11.1 Å². The Bertz CT molecular complexity index is 469. The Morgan fingerprint density at radius 1 is 0.950 bits per heavy atom. The van der Waals surface area contributed by atoms with Crippen LogP contribution in [0, 0.1) is 0 Å². The summed E-state index contributed by atoms with van der Waals surface area (Å²) in [5.41, 5.74) is 3.90. The van der Waals surface area contributed by atoms with Gasteiger partial charge in [-0.3, -0.25) is 0 Å². The predicted molar refractivity (Wildman–Crippen MR) is 85.7 cm³/mol. The predicted octanol–water partition coefficient (Wildman–Crippen LogP) is 3.99. The van der Waals surface area contributed by atoms with Crippen LogP contribution in [0.3, 0.4) is 0 Å². The minimum absolute atomic E-state index is 0.383. The zero-order valence-corrected chi connectivity index (χ0v) is 15.3. The van der Waals surface area contributed by atoms with E-state index in [9.17, 15) is 13.0 Å². The third-order valence-corrected chi connectivity index (χ3v) is 6.21. The topological polar surface area (TPSA) is 57.2 Å². The van der Waals surface area contributed by atoms with Gasteiger partial charge in [-0.1, -0.05) is 0 Å². The molecule has 0 aliphatic rings. The van der Waals surface area contributed by atoms with E-state index >= 15 is 0 Å². The van der Waals surface area contributed by atoms with E-state index in [2.05, 4.69) is 32.9 Å². The van der Waals surface area contributed by atoms with Crippen molar-refractivity contribution < 1.29 is 13.0 Å². The zero-order valence-electron chi connectivity index (χ0n) is 12.8. The Hall–Kier alpha value is -0.351. The maximum absolute atomic E-state index is 10.5. The van der Waals surface area contributed by atoms with E-state index in [0.717, 1.165) is 31.3 Å². The average molecular weight is 364 g/mol. The van der Waals surface area contributed by atoms with Gasteiger partial charge in [-0.25, -0.2) is 0 Å². The number of rotatable bonds is 9. The fraction of sp³-hybridized carbons (Fsp3) is 0.600. The van der Waals surface area contributed by atoms with Crippen LogP contribution >= 0.6 is 0 Å². The molecule has 0 heterocycles. The van der Waals surface area contributed by atoms with Crippen LogP contribution in [0.5, 0.6) is 0 Å². The molecule has 0 bridgehead atoms. The average Bonchev–Trinajstić information content (AvgIpc) is 2.26. The molecule has 0 rings (SSSR count). The summed E-state index contributed by atoms with van der Waals surface area (Å²) in [6.45, 7) is 8.35. The van der Waals surface area contributed by atoms with Crippen LogP contribution in [0.15, 0.2) is 34.9 Å². The standard InChI is InChI=1S/C15H26O3SSe/c1-13(2)7-5-8-14(3)9-6-10-15(4)11-12-20-19(16,17)18/h7,9,11H,5-6,8,10,12H2,1-4H3,(H,16,17,18)/p-1/b14-9+,15-11+. The Labute approximate surface area is 129 Å². The van der Waals surface area contributed by atoms with Gasteiger partial charge in [0.25, 0.3) is 0 Å². The first-order valence-corrected chi connectivity index (χ1v) is 11.4. The van der Waals surface area contributed by atoms with Gasteiger partial charge in [0.15, 0.2) is 0 Å². The van der Waals surface area contributed by atoms with Gasteiger partial charge in [-0.2, -0.15) is 0 Å². The second-order valence-electron chi connectivity index (χ2n) is 5.15. The molecule has 0 saturated carbocycles. The van der Waals surface area contributed by atoms with Crippen molar-refractivity contribution in [2.24, 2.45) is 0 Å². The van der Waals surface area contributed by atoms with Crippen LogP contribution in [-0.4, -0.2) is 26.8 Å². The molecule has 0 radical (unpaired) electrons. The molecular formula is C15H25O3SSe-. The first-order chi connectivity index (χ1) is 9.20. The molecule has 0 aliphatic carbocycles. The molecule has 0 aromatic rings. The van der Waals surface area contributed by atoms with Crippen LogP contribution < -0.4 is 0 Å². The minimum atomic E-state index is -4.02. The van der Waals surface area contributed by atoms with Gasteiger partial charge >= 0.3 is 129 Å². The first kappa shape index (κ1) is 19.6. The molecule has 0 amide bonds. The molecule has 20 heavy (non-hydrogen) atoms. The van der Waals surface area contributed by atoms with E-state index in [-0.39, 0.29) is 0 Å². The summed E-state index contributed by atoms with van der Waals surface area (Å²) in [7, 11) is -4.02. The van der Waals surface area contributed by atoms with Gasteiger partial charge < -0.3 is 0 Å². The normalized spacial score (nSPS) is 13.4. The summed E-state index contributed by atoms with van der Waals surface area (Å²) >= 11 is -0.857. The molecule has 0 saturated heterocycles. The van der Waals surface area contributed by atoms with Gasteiger partial charge in [0.2, 0.25) is 0 Å². The third kappa shape index (κ3) is 14.1. The zero-order chi connectivity index (χ0) is 15.6. The van der Waals surface area contributed by atoms with Gasteiger partial charge in [0, 0.05) is 0 Å². The summed E-state index contributed by atoms with van der Waals surface area (Å²) in [6.07, 6.45) is 10.4. The molecule has 0 N–H and O–H groups in total. The van der Waals surface area contributed by atoms with Crippen LogP contribution in [-0.2, 0) is 8.54 Å². The number of hydrogen-bond donors (Lipinski definition) is 0. The van der Waals surface area contributed by atoms with Gasteiger partial charge in [0.05, 0.1) is 0 Å². The Morgan fingerprint density at radius 2 is 1.45 bits per heavy atom. The van der Waals surface area contributed by atoms with Crippen LogP contribution in [0.1, 0.15) is 53.4 Å². The second-order valence-corrected chi connectivity index (χ2v) is 11.0.